The number of nitrogens with zero attached hydrogens (tertiary/aromatic N) is 2. The molecular weight excluding hydrogens is 224 g/mol. The van der Waals surface area contributed by atoms with Crippen molar-refractivity contribution in [2.75, 3.05) is 0 Å². The molecule has 1 aromatic rings. The standard InChI is InChI=1S/C12H21ClN2O/c1-5-6-7-10-14-11(13)9(8-16)15(10)12(2,3)4/h16H,5-8H2,1-4H3. The number of halogens is 1. The highest BCUT2D eigenvalue weighted by atomic mass is 35.5. The van der Waals surface area contributed by atoms with Crippen molar-refractivity contribution in [2.24, 2.45) is 0 Å². The number of imidazole rings is 1. The minimum atomic E-state index is -0.0960. The second-order valence-corrected chi connectivity index (χ2v) is 5.39. The highest BCUT2D eigenvalue weighted by Crippen LogP contribution is 2.26. The average Bonchev–Trinajstić information content (AvgIpc) is 2.50. The number of aliphatic hydroxyl groups is 1. The Labute approximate surface area is 102 Å². The van der Waals surface area contributed by atoms with Gasteiger partial charge in [-0.2, -0.15) is 0 Å². The van der Waals surface area contributed by atoms with E-state index >= 15 is 0 Å². The smallest absolute Gasteiger partial charge is 0.153 e. The first-order chi connectivity index (χ1) is 7.41. The van der Waals surface area contributed by atoms with Crippen LogP contribution in [0.1, 0.15) is 52.1 Å². The largest absolute Gasteiger partial charge is 0.390 e. The lowest BCUT2D eigenvalue weighted by Crippen LogP contribution is -2.26. The summed E-state index contributed by atoms with van der Waals surface area (Å²) in [4.78, 5) is 4.35. The first-order valence-electron chi connectivity index (χ1n) is 5.79. The van der Waals surface area contributed by atoms with Gasteiger partial charge in [-0.1, -0.05) is 24.9 Å². The molecule has 16 heavy (non-hydrogen) atoms. The molecule has 1 aromatic heterocycles. The number of aromatic nitrogens is 2. The van der Waals surface area contributed by atoms with Crippen LogP contribution in [0, 0.1) is 0 Å². The maximum atomic E-state index is 9.36. The van der Waals surface area contributed by atoms with Crippen molar-refractivity contribution >= 4 is 11.6 Å². The average molecular weight is 245 g/mol. The van der Waals surface area contributed by atoms with Gasteiger partial charge >= 0.3 is 0 Å². The summed E-state index contributed by atoms with van der Waals surface area (Å²) in [6.07, 6.45) is 3.13. The zero-order valence-corrected chi connectivity index (χ0v) is 11.3. The molecule has 0 radical (unpaired) electrons. The summed E-state index contributed by atoms with van der Waals surface area (Å²) >= 11 is 6.04. The second-order valence-electron chi connectivity index (χ2n) is 5.03. The molecule has 1 rings (SSSR count). The van der Waals surface area contributed by atoms with Crippen LogP contribution in [-0.2, 0) is 18.6 Å². The Morgan fingerprint density at radius 2 is 2.00 bits per heavy atom. The molecule has 1 heterocycles. The van der Waals surface area contributed by atoms with E-state index in [0.717, 1.165) is 30.8 Å². The van der Waals surface area contributed by atoms with Crippen molar-refractivity contribution in [1.82, 2.24) is 9.55 Å². The molecule has 0 saturated carbocycles. The third-order valence-electron chi connectivity index (χ3n) is 2.57. The van der Waals surface area contributed by atoms with Crippen LogP contribution < -0.4 is 0 Å². The van der Waals surface area contributed by atoms with Crippen LogP contribution in [0.25, 0.3) is 0 Å². The van der Waals surface area contributed by atoms with Crippen LogP contribution in [0.5, 0.6) is 0 Å². The summed E-state index contributed by atoms with van der Waals surface area (Å²) in [5.41, 5.74) is 0.627. The lowest BCUT2D eigenvalue weighted by molar-refractivity contribution is 0.253. The molecule has 0 bridgehead atoms. The van der Waals surface area contributed by atoms with Gasteiger partial charge in [-0.25, -0.2) is 4.98 Å². The quantitative estimate of drug-likeness (QED) is 0.884. The molecule has 0 aliphatic carbocycles. The van der Waals surface area contributed by atoms with Crippen molar-refractivity contribution in [3.63, 3.8) is 0 Å². The molecule has 0 amide bonds. The molecule has 92 valence electrons. The number of rotatable bonds is 4. The maximum absolute atomic E-state index is 9.36. The Morgan fingerprint density at radius 3 is 2.44 bits per heavy atom. The van der Waals surface area contributed by atoms with E-state index in [1.807, 2.05) is 0 Å². The van der Waals surface area contributed by atoms with Crippen molar-refractivity contribution in [1.29, 1.82) is 0 Å². The van der Waals surface area contributed by atoms with E-state index in [1.54, 1.807) is 0 Å². The van der Waals surface area contributed by atoms with Crippen LogP contribution >= 0.6 is 11.6 Å². The van der Waals surface area contributed by atoms with Gasteiger partial charge in [-0.05, 0) is 27.2 Å². The van der Waals surface area contributed by atoms with E-state index in [-0.39, 0.29) is 12.1 Å². The molecule has 0 atom stereocenters. The molecule has 0 spiro atoms. The Bertz CT molecular complexity index is 353. The Hall–Kier alpha value is -0.540. The van der Waals surface area contributed by atoms with Crippen molar-refractivity contribution in [3.05, 3.63) is 16.7 Å². The zero-order valence-electron chi connectivity index (χ0n) is 10.5. The van der Waals surface area contributed by atoms with Crippen LogP contribution in [0.4, 0.5) is 0 Å². The minimum absolute atomic E-state index is 0.0603. The van der Waals surface area contributed by atoms with Gasteiger partial charge < -0.3 is 9.67 Å². The summed E-state index contributed by atoms with van der Waals surface area (Å²) in [7, 11) is 0. The van der Waals surface area contributed by atoms with Gasteiger partial charge in [0.2, 0.25) is 0 Å². The van der Waals surface area contributed by atoms with E-state index in [2.05, 4.69) is 37.2 Å². The summed E-state index contributed by atoms with van der Waals surface area (Å²) in [5.74, 6) is 0.975. The number of aliphatic hydroxyl groups excluding tert-OH is 1. The third-order valence-corrected chi connectivity index (χ3v) is 2.87. The Balaban J connectivity index is 3.17. The Kier molecular flexibility index (Phi) is 4.39. The van der Waals surface area contributed by atoms with Gasteiger partial charge in [0.05, 0.1) is 12.3 Å². The summed E-state index contributed by atoms with van der Waals surface area (Å²) in [5, 5.41) is 9.79. The molecule has 0 aliphatic rings. The topological polar surface area (TPSA) is 38.1 Å². The van der Waals surface area contributed by atoms with Gasteiger partial charge in [0.1, 0.15) is 5.82 Å². The predicted octanol–water partition coefficient (Wildman–Crippen LogP) is 3.13. The summed E-state index contributed by atoms with van der Waals surface area (Å²) in [6, 6.07) is 0. The molecule has 0 unspecified atom stereocenters. The normalized spacial score (nSPS) is 12.1. The lowest BCUT2D eigenvalue weighted by Gasteiger charge is -2.25. The first kappa shape index (κ1) is 13.5. The number of aryl methyl sites for hydroxylation is 1. The molecule has 3 nitrogen and oxygen atoms in total. The van der Waals surface area contributed by atoms with Gasteiger partial charge in [0.15, 0.2) is 5.15 Å². The Morgan fingerprint density at radius 1 is 1.38 bits per heavy atom. The lowest BCUT2D eigenvalue weighted by atomic mass is 10.1. The van der Waals surface area contributed by atoms with Crippen LogP contribution in [0.3, 0.4) is 0 Å². The van der Waals surface area contributed by atoms with E-state index < -0.39 is 0 Å². The minimum Gasteiger partial charge on any atom is -0.390 e. The van der Waals surface area contributed by atoms with E-state index in [0.29, 0.717) is 5.15 Å². The number of hydrogen-bond donors (Lipinski definition) is 1. The number of hydrogen-bond acceptors (Lipinski definition) is 2. The van der Waals surface area contributed by atoms with Crippen LogP contribution in [0.15, 0.2) is 0 Å². The van der Waals surface area contributed by atoms with Crippen molar-refractivity contribution in [3.8, 4) is 0 Å². The van der Waals surface area contributed by atoms with Gasteiger partial charge in [0, 0.05) is 12.0 Å². The van der Waals surface area contributed by atoms with Crippen molar-refractivity contribution < 1.29 is 5.11 Å². The highest BCUT2D eigenvalue weighted by Gasteiger charge is 2.23. The van der Waals surface area contributed by atoms with Crippen LogP contribution in [-0.4, -0.2) is 14.7 Å². The monoisotopic (exact) mass is 244 g/mol. The van der Waals surface area contributed by atoms with Gasteiger partial charge in [0.25, 0.3) is 0 Å². The highest BCUT2D eigenvalue weighted by molar-refractivity contribution is 6.30. The fourth-order valence-corrected chi connectivity index (χ4v) is 2.15. The van der Waals surface area contributed by atoms with Crippen LogP contribution in [0.2, 0.25) is 5.15 Å². The molecule has 1 N–H and O–H groups in total. The second kappa shape index (κ2) is 5.19. The molecule has 0 aromatic carbocycles. The molecule has 0 aliphatic heterocycles. The van der Waals surface area contributed by atoms with Crippen molar-refractivity contribution in [2.45, 2.75) is 59.1 Å². The van der Waals surface area contributed by atoms with E-state index in [4.69, 9.17) is 11.6 Å². The first-order valence-corrected chi connectivity index (χ1v) is 6.17. The van der Waals surface area contributed by atoms with E-state index in [9.17, 15) is 5.11 Å². The fraction of sp³-hybridized carbons (Fsp3) is 0.750. The number of unbranched alkanes of at least 4 members (excludes halogenated alkanes) is 1. The summed E-state index contributed by atoms with van der Waals surface area (Å²) < 4.78 is 2.06. The maximum Gasteiger partial charge on any atom is 0.153 e. The van der Waals surface area contributed by atoms with Gasteiger partial charge in [-0.3, -0.25) is 0 Å². The molecule has 4 heteroatoms. The van der Waals surface area contributed by atoms with Gasteiger partial charge in [-0.15, -0.1) is 0 Å². The molecule has 0 fully saturated rings. The predicted molar refractivity (Wildman–Crippen MR) is 66.8 cm³/mol. The summed E-state index contributed by atoms with van der Waals surface area (Å²) in [6.45, 7) is 8.38. The zero-order chi connectivity index (χ0) is 12.3. The SMILES string of the molecule is CCCCc1nc(Cl)c(CO)n1C(C)(C)C. The molecule has 0 saturated heterocycles. The van der Waals surface area contributed by atoms with E-state index in [1.165, 1.54) is 0 Å². The fourth-order valence-electron chi connectivity index (χ4n) is 1.91. The molecular formula is C12H21ClN2O. The third kappa shape index (κ3) is 2.77.